The first-order valence-corrected chi connectivity index (χ1v) is 12.4. The zero-order valence-electron chi connectivity index (χ0n) is 17.4. The molecule has 5 nitrogen and oxygen atoms in total. The number of halogens is 3. The molecular weight excluding hydrogens is 441 g/mol. The van der Waals surface area contributed by atoms with Gasteiger partial charge in [0.2, 0.25) is 15.9 Å². The van der Waals surface area contributed by atoms with Crippen molar-refractivity contribution in [2.24, 2.45) is 11.3 Å². The number of carbonyl (C=O) groups is 1. The monoisotopic (exact) mass is 464 g/mol. The zero-order valence-corrected chi connectivity index (χ0v) is 18.3. The highest BCUT2D eigenvalue weighted by molar-refractivity contribution is 7.88. The second kappa shape index (κ2) is 7.05. The summed E-state index contributed by atoms with van der Waals surface area (Å²) in [5, 5.41) is 0. The molecule has 0 radical (unpaired) electrons. The van der Waals surface area contributed by atoms with Crippen LogP contribution in [0.1, 0.15) is 24.8 Å². The minimum absolute atomic E-state index is 0.0204. The van der Waals surface area contributed by atoms with Crippen LogP contribution < -0.4 is 4.72 Å². The van der Waals surface area contributed by atoms with Crippen LogP contribution >= 0.6 is 0 Å². The first-order valence-electron chi connectivity index (χ1n) is 10.5. The normalized spacial score (nSPS) is 30.8. The number of alkyl halides is 1. The molecule has 6 rings (SSSR count). The molecule has 2 bridgehead atoms. The van der Waals surface area contributed by atoms with Gasteiger partial charge in [-0.1, -0.05) is 30.3 Å². The molecule has 2 aliphatic heterocycles. The van der Waals surface area contributed by atoms with E-state index in [1.54, 1.807) is 17.0 Å². The molecule has 2 aromatic rings. The summed E-state index contributed by atoms with van der Waals surface area (Å²) in [6.07, 6.45) is 2.42. The molecule has 2 heterocycles. The quantitative estimate of drug-likeness (QED) is 0.713. The molecule has 2 saturated carbocycles. The van der Waals surface area contributed by atoms with Crippen molar-refractivity contribution in [2.45, 2.75) is 31.0 Å². The summed E-state index contributed by atoms with van der Waals surface area (Å²) in [5.41, 5.74) is -2.37. The second-order valence-corrected chi connectivity index (χ2v) is 11.2. The highest BCUT2D eigenvalue weighted by Gasteiger charge is 2.66. The summed E-state index contributed by atoms with van der Waals surface area (Å²) in [6, 6.07) is 9.60. The Hall–Kier alpha value is -2.39. The molecular formula is C23H23F3N2O3S. The first-order chi connectivity index (χ1) is 15.0. The van der Waals surface area contributed by atoms with E-state index in [4.69, 9.17) is 0 Å². The SMILES string of the molecule is CS(=O)(=O)NCC12CC(C1)N(C(=O)[C@@H]1C[C@@]1(F)c1ccccc1-c1c(F)cccc1F)C2. The minimum atomic E-state index is -3.33. The zero-order chi connectivity index (χ0) is 22.9. The van der Waals surface area contributed by atoms with Crippen LogP contribution in [0.5, 0.6) is 0 Å². The Balaban J connectivity index is 1.37. The number of benzene rings is 2. The van der Waals surface area contributed by atoms with Crippen LogP contribution in [-0.2, 0) is 20.5 Å². The molecule has 0 aromatic heterocycles. The van der Waals surface area contributed by atoms with E-state index in [1.807, 2.05) is 0 Å². The number of amides is 1. The molecule has 2 saturated heterocycles. The lowest BCUT2D eigenvalue weighted by Crippen LogP contribution is -2.44. The number of carbonyl (C=O) groups excluding carboxylic acids is 1. The number of rotatable bonds is 6. The van der Waals surface area contributed by atoms with Crippen LogP contribution in [0, 0.1) is 23.0 Å². The first kappa shape index (κ1) is 21.5. The van der Waals surface area contributed by atoms with Crippen molar-refractivity contribution in [1.82, 2.24) is 9.62 Å². The number of sulfonamides is 1. The van der Waals surface area contributed by atoms with Crippen LogP contribution in [0.15, 0.2) is 42.5 Å². The van der Waals surface area contributed by atoms with Gasteiger partial charge in [-0.15, -0.1) is 0 Å². The topological polar surface area (TPSA) is 66.5 Å². The number of fused-ring (bicyclic) bond motifs is 1. The van der Waals surface area contributed by atoms with Crippen LogP contribution in [0.3, 0.4) is 0 Å². The van der Waals surface area contributed by atoms with Gasteiger partial charge in [-0.05, 0) is 36.1 Å². The fourth-order valence-electron chi connectivity index (χ4n) is 5.36. The van der Waals surface area contributed by atoms with Crippen molar-refractivity contribution < 1.29 is 26.4 Å². The third-order valence-corrected chi connectivity index (χ3v) is 7.74. The lowest BCUT2D eigenvalue weighted by atomic mass is 9.70. The third kappa shape index (κ3) is 3.42. The molecule has 2 atom stereocenters. The van der Waals surface area contributed by atoms with Crippen LogP contribution in [0.2, 0.25) is 0 Å². The van der Waals surface area contributed by atoms with E-state index in [-0.39, 0.29) is 47.0 Å². The number of hydrogen-bond donors (Lipinski definition) is 1. The van der Waals surface area contributed by atoms with Gasteiger partial charge in [-0.25, -0.2) is 26.3 Å². The summed E-state index contributed by atoms with van der Waals surface area (Å²) in [5.74, 6) is -2.81. The van der Waals surface area contributed by atoms with Crippen LogP contribution in [0.25, 0.3) is 11.1 Å². The molecule has 0 spiro atoms. The average molecular weight is 465 g/mol. The van der Waals surface area contributed by atoms with E-state index in [1.165, 1.54) is 18.2 Å². The van der Waals surface area contributed by atoms with E-state index < -0.39 is 33.2 Å². The van der Waals surface area contributed by atoms with E-state index in [0.29, 0.717) is 19.4 Å². The molecule has 4 fully saturated rings. The summed E-state index contributed by atoms with van der Waals surface area (Å²) in [4.78, 5) is 14.8. The highest BCUT2D eigenvalue weighted by atomic mass is 32.2. The van der Waals surface area contributed by atoms with Gasteiger partial charge in [-0.3, -0.25) is 4.79 Å². The standard InChI is InChI=1S/C23H23F3N2O3S/c1-32(30,31)27-12-22-9-14(10-22)28(13-22)21(29)17-11-23(17,26)16-6-3-2-5-15(16)20-18(24)7-4-8-19(20)25/h2-8,14,17,27H,9-13H2,1H3/t14?,17-,22?,23+/m0/s1. The molecule has 2 aromatic carbocycles. The summed E-state index contributed by atoms with van der Waals surface area (Å²) in [7, 11) is -3.33. The van der Waals surface area contributed by atoms with E-state index in [9.17, 15) is 22.0 Å². The lowest BCUT2D eigenvalue weighted by molar-refractivity contribution is -0.133. The van der Waals surface area contributed by atoms with Crippen molar-refractivity contribution >= 4 is 15.9 Å². The molecule has 4 aliphatic rings. The van der Waals surface area contributed by atoms with Crippen LogP contribution in [0.4, 0.5) is 13.2 Å². The Kier molecular flexibility index (Phi) is 4.73. The Morgan fingerprint density at radius 1 is 1.09 bits per heavy atom. The Morgan fingerprint density at radius 2 is 1.75 bits per heavy atom. The largest absolute Gasteiger partial charge is 0.339 e. The highest BCUT2D eigenvalue weighted by Crippen LogP contribution is 2.61. The summed E-state index contributed by atoms with van der Waals surface area (Å²) >= 11 is 0. The molecule has 1 N–H and O–H groups in total. The summed E-state index contributed by atoms with van der Waals surface area (Å²) < 4.78 is 70.1. The average Bonchev–Trinajstić information content (AvgIpc) is 3.09. The number of nitrogens with one attached hydrogen (secondary N) is 1. The van der Waals surface area contributed by atoms with Gasteiger partial charge in [0.05, 0.1) is 17.7 Å². The molecule has 32 heavy (non-hydrogen) atoms. The van der Waals surface area contributed by atoms with Gasteiger partial charge in [-0.2, -0.15) is 0 Å². The van der Waals surface area contributed by atoms with Crippen molar-refractivity contribution in [3.8, 4) is 11.1 Å². The van der Waals surface area contributed by atoms with Crippen molar-refractivity contribution in [3.63, 3.8) is 0 Å². The van der Waals surface area contributed by atoms with Gasteiger partial charge in [0.1, 0.15) is 17.3 Å². The van der Waals surface area contributed by atoms with Crippen molar-refractivity contribution in [1.29, 1.82) is 0 Å². The second-order valence-electron chi connectivity index (χ2n) is 9.38. The number of nitrogens with zero attached hydrogens (tertiary/aromatic N) is 1. The fraction of sp³-hybridized carbons (Fsp3) is 0.435. The molecule has 1 amide bonds. The van der Waals surface area contributed by atoms with Gasteiger partial charge < -0.3 is 4.90 Å². The van der Waals surface area contributed by atoms with Crippen LogP contribution in [-0.4, -0.2) is 44.6 Å². The van der Waals surface area contributed by atoms with Crippen molar-refractivity contribution in [2.75, 3.05) is 19.3 Å². The van der Waals surface area contributed by atoms with Gasteiger partial charge in [0, 0.05) is 31.0 Å². The lowest BCUT2D eigenvalue weighted by Gasteiger charge is -2.36. The maximum Gasteiger partial charge on any atom is 0.229 e. The summed E-state index contributed by atoms with van der Waals surface area (Å²) in [6.45, 7) is 0.641. The predicted molar refractivity (Wildman–Crippen MR) is 113 cm³/mol. The van der Waals surface area contributed by atoms with E-state index >= 15 is 4.39 Å². The van der Waals surface area contributed by atoms with E-state index in [0.717, 1.165) is 18.4 Å². The van der Waals surface area contributed by atoms with Crippen molar-refractivity contribution in [3.05, 3.63) is 59.7 Å². The molecule has 2 aliphatic carbocycles. The fourth-order valence-corrected chi connectivity index (χ4v) is 5.93. The Morgan fingerprint density at radius 3 is 2.41 bits per heavy atom. The van der Waals surface area contributed by atoms with Gasteiger partial charge in [0.15, 0.2) is 0 Å². The third-order valence-electron chi connectivity index (χ3n) is 7.07. The Labute approximate surface area is 184 Å². The maximum absolute atomic E-state index is 16.0. The number of hydrogen-bond acceptors (Lipinski definition) is 3. The van der Waals surface area contributed by atoms with Gasteiger partial charge in [0.25, 0.3) is 0 Å². The van der Waals surface area contributed by atoms with Gasteiger partial charge >= 0.3 is 0 Å². The molecule has 9 heteroatoms. The minimum Gasteiger partial charge on any atom is -0.339 e. The maximum atomic E-state index is 16.0. The Bertz CT molecular complexity index is 1190. The predicted octanol–water partition coefficient (Wildman–Crippen LogP) is 3.36. The molecule has 170 valence electrons. The van der Waals surface area contributed by atoms with E-state index in [2.05, 4.69) is 4.72 Å². The smallest absolute Gasteiger partial charge is 0.229 e. The molecule has 0 unspecified atom stereocenters.